The lowest BCUT2D eigenvalue weighted by atomic mass is 10.0. The number of fused-ring (bicyclic) bond motifs is 3. The van der Waals surface area contributed by atoms with E-state index in [0.717, 1.165) is 15.6 Å². The van der Waals surface area contributed by atoms with Gasteiger partial charge in [-0.3, -0.25) is 9.10 Å². The number of hydrogen-bond donors (Lipinski definition) is 1. The van der Waals surface area contributed by atoms with Crippen molar-refractivity contribution in [2.24, 2.45) is 0 Å². The Morgan fingerprint density at radius 2 is 1.69 bits per heavy atom. The third-order valence-electron chi connectivity index (χ3n) is 4.94. The molecule has 4 rings (SSSR count). The van der Waals surface area contributed by atoms with Crippen LogP contribution in [0.5, 0.6) is 0 Å². The second-order valence-electron chi connectivity index (χ2n) is 6.87. The van der Waals surface area contributed by atoms with Gasteiger partial charge in [-0.1, -0.05) is 64.5 Å². The maximum Gasteiger partial charge on any atom is 0.265 e. The van der Waals surface area contributed by atoms with Crippen molar-refractivity contribution in [2.45, 2.75) is 17.9 Å². The molecule has 0 radical (unpaired) electrons. The number of benzene rings is 3. The highest BCUT2D eigenvalue weighted by Crippen LogP contribution is 2.43. The molecule has 0 spiro atoms. The van der Waals surface area contributed by atoms with Crippen molar-refractivity contribution >= 4 is 37.5 Å². The largest absolute Gasteiger partial charge is 0.348 e. The minimum atomic E-state index is -3.85. The summed E-state index contributed by atoms with van der Waals surface area (Å²) in [6.45, 7) is 1.58. The molecule has 1 aliphatic heterocycles. The van der Waals surface area contributed by atoms with Gasteiger partial charge in [0.05, 0.1) is 16.6 Å². The maximum atomic E-state index is 13.3. The van der Waals surface area contributed by atoms with E-state index in [4.69, 9.17) is 0 Å². The summed E-state index contributed by atoms with van der Waals surface area (Å²) < 4.78 is 28.6. The fourth-order valence-electron chi connectivity index (χ4n) is 3.52. The monoisotopic (exact) mass is 470 g/mol. The van der Waals surface area contributed by atoms with E-state index >= 15 is 0 Å². The van der Waals surface area contributed by atoms with Crippen LogP contribution in [0, 0.1) is 0 Å². The van der Waals surface area contributed by atoms with Gasteiger partial charge < -0.3 is 5.32 Å². The summed E-state index contributed by atoms with van der Waals surface area (Å²) in [7, 11) is -3.85. The molecule has 0 fully saturated rings. The predicted octanol–water partition coefficient (Wildman–Crippen LogP) is 4.50. The quantitative estimate of drug-likeness (QED) is 0.610. The molecule has 29 heavy (non-hydrogen) atoms. The van der Waals surface area contributed by atoms with Crippen LogP contribution in [-0.2, 0) is 14.8 Å². The summed E-state index contributed by atoms with van der Waals surface area (Å²) >= 11 is 3.45. The summed E-state index contributed by atoms with van der Waals surface area (Å²) in [5, 5.41) is 2.89. The van der Waals surface area contributed by atoms with Crippen molar-refractivity contribution in [1.82, 2.24) is 5.32 Å². The molecule has 0 aliphatic carbocycles. The second-order valence-corrected chi connectivity index (χ2v) is 9.62. The standard InChI is InChI=1S/C22H19BrN2O3S/c1-15(16-7-3-2-4-8-16)24-22(26)14-25-20-12-11-17(23)13-19(20)18-9-5-6-10-21(18)29(25,27)28/h2-13,15H,14H2,1H3,(H,24,26). The summed E-state index contributed by atoms with van der Waals surface area (Å²) in [4.78, 5) is 12.9. The topological polar surface area (TPSA) is 66.5 Å². The van der Waals surface area contributed by atoms with Crippen molar-refractivity contribution in [2.75, 3.05) is 10.8 Å². The van der Waals surface area contributed by atoms with E-state index in [9.17, 15) is 13.2 Å². The molecule has 0 saturated carbocycles. The molecule has 0 bridgehead atoms. The first-order valence-corrected chi connectivity index (χ1v) is 11.4. The Bertz CT molecular complexity index is 1180. The fraction of sp³-hybridized carbons (Fsp3) is 0.136. The van der Waals surface area contributed by atoms with Gasteiger partial charge in [-0.05, 0) is 36.8 Å². The highest BCUT2D eigenvalue weighted by Gasteiger charge is 2.36. The van der Waals surface area contributed by atoms with Crippen molar-refractivity contribution in [3.63, 3.8) is 0 Å². The molecule has 1 aliphatic rings. The first-order valence-electron chi connectivity index (χ1n) is 9.14. The van der Waals surface area contributed by atoms with Crippen LogP contribution in [0.4, 0.5) is 5.69 Å². The van der Waals surface area contributed by atoms with Gasteiger partial charge in [0, 0.05) is 15.6 Å². The molecular formula is C22H19BrN2O3S. The van der Waals surface area contributed by atoms with E-state index in [1.165, 1.54) is 4.31 Å². The van der Waals surface area contributed by atoms with E-state index in [1.807, 2.05) is 49.4 Å². The number of nitrogens with one attached hydrogen (secondary N) is 1. The molecule has 1 unspecified atom stereocenters. The number of amides is 1. The second kappa shape index (κ2) is 7.65. The van der Waals surface area contributed by atoms with Crippen LogP contribution in [0.2, 0.25) is 0 Å². The molecule has 5 nitrogen and oxygen atoms in total. The lowest BCUT2D eigenvalue weighted by molar-refractivity contribution is -0.120. The van der Waals surface area contributed by atoms with Crippen molar-refractivity contribution in [3.05, 3.63) is 82.8 Å². The molecule has 1 atom stereocenters. The van der Waals surface area contributed by atoms with Crippen LogP contribution in [0.3, 0.4) is 0 Å². The van der Waals surface area contributed by atoms with Gasteiger partial charge in [0.2, 0.25) is 5.91 Å². The van der Waals surface area contributed by atoms with Gasteiger partial charge in [0.25, 0.3) is 10.0 Å². The average Bonchev–Trinajstić information content (AvgIpc) is 2.72. The number of sulfonamides is 1. The molecule has 1 heterocycles. The predicted molar refractivity (Wildman–Crippen MR) is 117 cm³/mol. The Morgan fingerprint density at radius 3 is 2.45 bits per heavy atom. The van der Waals surface area contributed by atoms with E-state index < -0.39 is 10.0 Å². The molecule has 3 aromatic rings. The lowest BCUT2D eigenvalue weighted by Crippen LogP contribution is -2.43. The van der Waals surface area contributed by atoms with Gasteiger partial charge >= 0.3 is 0 Å². The minimum Gasteiger partial charge on any atom is -0.348 e. The van der Waals surface area contributed by atoms with Gasteiger partial charge in [-0.15, -0.1) is 0 Å². The van der Waals surface area contributed by atoms with Crippen molar-refractivity contribution in [3.8, 4) is 11.1 Å². The van der Waals surface area contributed by atoms with Crippen LogP contribution in [-0.4, -0.2) is 20.9 Å². The summed E-state index contributed by atoms with van der Waals surface area (Å²) in [5.74, 6) is -0.363. The van der Waals surface area contributed by atoms with Gasteiger partial charge in [-0.25, -0.2) is 8.42 Å². The van der Waals surface area contributed by atoms with Gasteiger partial charge in [-0.2, -0.15) is 0 Å². The van der Waals surface area contributed by atoms with Gasteiger partial charge in [0.1, 0.15) is 6.54 Å². The Kier molecular flexibility index (Phi) is 5.19. The van der Waals surface area contributed by atoms with E-state index in [-0.39, 0.29) is 23.4 Å². The molecule has 0 saturated heterocycles. The third kappa shape index (κ3) is 3.68. The molecule has 0 aromatic heterocycles. The van der Waals surface area contributed by atoms with Crippen molar-refractivity contribution < 1.29 is 13.2 Å². The molecule has 3 aromatic carbocycles. The SMILES string of the molecule is CC(NC(=O)CN1c2ccc(Br)cc2-c2ccccc2S1(=O)=O)c1ccccc1. The van der Waals surface area contributed by atoms with E-state index in [2.05, 4.69) is 21.2 Å². The zero-order chi connectivity index (χ0) is 20.6. The Morgan fingerprint density at radius 1 is 1.00 bits per heavy atom. The molecule has 7 heteroatoms. The fourth-order valence-corrected chi connectivity index (χ4v) is 5.53. The molecular weight excluding hydrogens is 452 g/mol. The summed E-state index contributed by atoms with van der Waals surface area (Å²) in [6, 6.07) is 21.6. The number of hydrogen-bond acceptors (Lipinski definition) is 3. The Labute approximate surface area is 178 Å². The number of anilines is 1. The number of nitrogens with zero attached hydrogens (tertiary/aromatic N) is 1. The average molecular weight is 471 g/mol. The maximum absolute atomic E-state index is 13.3. The van der Waals surface area contributed by atoms with Crippen LogP contribution < -0.4 is 9.62 Å². The zero-order valence-electron chi connectivity index (χ0n) is 15.7. The Hall–Kier alpha value is -2.64. The first kappa shape index (κ1) is 19.7. The highest BCUT2D eigenvalue weighted by atomic mass is 79.9. The number of rotatable bonds is 4. The lowest BCUT2D eigenvalue weighted by Gasteiger charge is -2.32. The number of carbonyl (C=O) groups excluding carboxylic acids is 1. The summed E-state index contributed by atoms with van der Waals surface area (Å²) in [6.07, 6.45) is 0. The first-order chi connectivity index (χ1) is 13.9. The Balaban J connectivity index is 1.68. The molecule has 1 amide bonds. The van der Waals surface area contributed by atoms with E-state index in [0.29, 0.717) is 11.3 Å². The minimum absolute atomic E-state index is 0.203. The number of carbonyl (C=O) groups is 1. The van der Waals surface area contributed by atoms with Crippen LogP contribution in [0.25, 0.3) is 11.1 Å². The van der Waals surface area contributed by atoms with Crippen LogP contribution in [0.15, 0.2) is 82.2 Å². The molecule has 148 valence electrons. The van der Waals surface area contributed by atoms with Crippen LogP contribution in [0.1, 0.15) is 18.5 Å². The van der Waals surface area contributed by atoms with Gasteiger partial charge in [0.15, 0.2) is 0 Å². The number of halogens is 1. The van der Waals surface area contributed by atoms with Crippen LogP contribution >= 0.6 is 15.9 Å². The highest BCUT2D eigenvalue weighted by molar-refractivity contribution is 9.10. The summed E-state index contributed by atoms with van der Waals surface area (Å²) in [5.41, 5.74) is 2.86. The molecule has 1 N–H and O–H groups in total. The van der Waals surface area contributed by atoms with Crippen molar-refractivity contribution in [1.29, 1.82) is 0 Å². The van der Waals surface area contributed by atoms with E-state index in [1.54, 1.807) is 30.3 Å². The normalized spacial score (nSPS) is 15.2. The smallest absolute Gasteiger partial charge is 0.265 e. The third-order valence-corrected chi connectivity index (χ3v) is 7.25. The zero-order valence-corrected chi connectivity index (χ0v) is 18.1.